The summed E-state index contributed by atoms with van der Waals surface area (Å²) < 4.78 is 43.6. The van der Waals surface area contributed by atoms with Crippen LogP contribution in [0.3, 0.4) is 0 Å². The maximum atomic E-state index is 13.7. The molecule has 3 aromatic carbocycles. The van der Waals surface area contributed by atoms with Gasteiger partial charge in [0.15, 0.2) is 11.5 Å². The number of nitrogens with one attached hydrogen (secondary N) is 1. The number of aliphatic imine (C=N–C) groups is 1. The highest BCUT2D eigenvalue weighted by Crippen LogP contribution is 2.34. The van der Waals surface area contributed by atoms with E-state index in [1.807, 2.05) is 12.1 Å². The van der Waals surface area contributed by atoms with Gasteiger partial charge in [-0.05, 0) is 65.9 Å². The number of ether oxygens (including phenoxy) is 3. The van der Waals surface area contributed by atoms with Crippen molar-refractivity contribution in [3.8, 4) is 17.6 Å². The molecule has 0 fully saturated rings. The molecule has 10 heteroatoms. The Morgan fingerprint density at radius 1 is 1.03 bits per heavy atom. The average Bonchev–Trinajstić information content (AvgIpc) is 3.39. The number of fused-ring (bicyclic) bond motifs is 1. The van der Waals surface area contributed by atoms with Gasteiger partial charge >= 0.3 is 12.0 Å². The summed E-state index contributed by atoms with van der Waals surface area (Å²) in [6, 6.07) is 15.1. The van der Waals surface area contributed by atoms with Crippen molar-refractivity contribution in [3.63, 3.8) is 0 Å². The minimum atomic E-state index is -0.997. The number of halogens is 2. The monoisotopic (exact) mass is 517 g/mol. The fourth-order valence-corrected chi connectivity index (χ4v) is 4.43. The van der Waals surface area contributed by atoms with Crippen LogP contribution in [0.1, 0.15) is 34.7 Å². The van der Waals surface area contributed by atoms with Crippen molar-refractivity contribution in [1.29, 1.82) is 5.26 Å². The van der Waals surface area contributed by atoms with Crippen molar-refractivity contribution in [2.24, 2.45) is 10.9 Å². The molecule has 38 heavy (non-hydrogen) atoms. The molecule has 2 aliphatic rings. The van der Waals surface area contributed by atoms with Gasteiger partial charge in [-0.25, -0.2) is 18.6 Å². The molecule has 0 bridgehead atoms. The van der Waals surface area contributed by atoms with Crippen LogP contribution in [0.2, 0.25) is 0 Å². The zero-order chi connectivity index (χ0) is 26.6. The average molecular weight is 517 g/mol. The van der Waals surface area contributed by atoms with Gasteiger partial charge in [-0.1, -0.05) is 24.3 Å². The van der Waals surface area contributed by atoms with Crippen LogP contribution >= 0.6 is 0 Å². The second-order valence-corrected chi connectivity index (χ2v) is 8.78. The van der Waals surface area contributed by atoms with Gasteiger partial charge in [0.25, 0.3) is 0 Å². The van der Waals surface area contributed by atoms with Crippen molar-refractivity contribution in [3.05, 3.63) is 94.6 Å². The van der Waals surface area contributed by atoms with Gasteiger partial charge in [0.1, 0.15) is 30.2 Å². The van der Waals surface area contributed by atoms with E-state index in [-0.39, 0.29) is 25.4 Å². The quantitative estimate of drug-likeness (QED) is 0.453. The molecular weight excluding hydrogens is 496 g/mol. The summed E-state index contributed by atoms with van der Waals surface area (Å²) in [7, 11) is 0. The van der Waals surface area contributed by atoms with E-state index in [4.69, 9.17) is 19.5 Å². The molecule has 3 aromatic rings. The van der Waals surface area contributed by atoms with E-state index in [1.165, 1.54) is 36.4 Å². The first kappa shape index (κ1) is 24.9. The molecule has 2 atom stereocenters. The summed E-state index contributed by atoms with van der Waals surface area (Å²) in [6.45, 7) is -0.0767. The lowest BCUT2D eigenvalue weighted by molar-refractivity contribution is -0.148. The molecule has 2 heterocycles. The molecule has 0 radical (unpaired) electrons. The maximum Gasteiger partial charge on any atom is 0.341 e. The molecule has 0 saturated carbocycles. The molecular formula is C28H21F2N3O5. The summed E-state index contributed by atoms with van der Waals surface area (Å²) >= 11 is 0. The number of carbonyl (C=O) groups excluding carboxylic acids is 2. The minimum Gasteiger partial charge on any atom is -0.460 e. The Hall–Kier alpha value is -4.78. The second kappa shape index (κ2) is 10.7. The molecule has 2 aliphatic heterocycles. The van der Waals surface area contributed by atoms with Crippen LogP contribution in [0.5, 0.6) is 11.5 Å². The minimum absolute atomic E-state index is 0.142. The van der Waals surface area contributed by atoms with Gasteiger partial charge in [-0.2, -0.15) is 5.26 Å². The second-order valence-electron chi connectivity index (χ2n) is 8.78. The zero-order valence-electron chi connectivity index (χ0n) is 19.9. The smallest absolute Gasteiger partial charge is 0.341 e. The number of urea groups is 1. The molecule has 2 unspecified atom stereocenters. The summed E-state index contributed by atoms with van der Waals surface area (Å²) in [6.07, 6.45) is 0.714. The Morgan fingerprint density at radius 3 is 2.58 bits per heavy atom. The molecule has 2 amide bonds. The van der Waals surface area contributed by atoms with E-state index in [9.17, 15) is 18.4 Å². The van der Waals surface area contributed by atoms with Crippen molar-refractivity contribution in [2.75, 3.05) is 6.79 Å². The number of nitrogens with zero attached hydrogens (tertiary/aromatic N) is 2. The first-order chi connectivity index (χ1) is 18.4. The summed E-state index contributed by atoms with van der Waals surface area (Å²) in [5.41, 5.74) is 1.96. The third-order valence-electron chi connectivity index (χ3n) is 6.34. The maximum absolute atomic E-state index is 13.7. The van der Waals surface area contributed by atoms with Crippen LogP contribution < -0.4 is 14.8 Å². The molecule has 1 N–H and O–H groups in total. The Morgan fingerprint density at radius 2 is 1.79 bits per heavy atom. The topological polar surface area (TPSA) is 110 Å². The molecule has 8 nitrogen and oxygen atoms in total. The van der Waals surface area contributed by atoms with Gasteiger partial charge in [-0.3, -0.25) is 4.79 Å². The summed E-state index contributed by atoms with van der Waals surface area (Å²) in [4.78, 5) is 30.0. The van der Waals surface area contributed by atoms with Crippen LogP contribution in [0, 0.1) is 28.9 Å². The van der Waals surface area contributed by atoms with E-state index in [2.05, 4.69) is 10.3 Å². The third kappa shape index (κ3) is 5.32. The number of carbonyl (C=O) groups is 2. The van der Waals surface area contributed by atoms with E-state index >= 15 is 0 Å². The van der Waals surface area contributed by atoms with Crippen molar-refractivity contribution >= 4 is 17.7 Å². The lowest BCUT2D eigenvalue weighted by Crippen LogP contribution is -2.45. The van der Waals surface area contributed by atoms with E-state index in [0.717, 1.165) is 11.6 Å². The van der Waals surface area contributed by atoms with Crippen molar-refractivity contribution in [2.45, 2.75) is 25.5 Å². The number of benzene rings is 3. The van der Waals surface area contributed by atoms with Crippen LogP contribution in [-0.2, 0) is 22.6 Å². The molecule has 0 saturated heterocycles. The number of nitriles is 1. The molecule has 5 rings (SSSR count). The Balaban J connectivity index is 1.39. The molecule has 192 valence electrons. The highest BCUT2D eigenvalue weighted by atomic mass is 19.1. The molecule has 0 spiro atoms. The van der Waals surface area contributed by atoms with Crippen LogP contribution in [0.25, 0.3) is 0 Å². The first-order valence-electron chi connectivity index (χ1n) is 11.8. The lowest BCUT2D eigenvalue weighted by Gasteiger charge is -2.31. The highest BCUT2D eigenvalue weighted by molar-refractivity contribution is 6.09. The fraction of sp³-hybridized carbons (Fsp3) is 0.214. The standard InChI is InChI=1S/C28H21F2N3O5/c29-20-6-4-18(5-7-20)26-25(27(34)36-14-17-1-8-21(30)19(11-17)13-31)22(32-28(35)33-26)9-2-16-3-10-23-24(12-16)38-15-37-23/h1,3-8,10-12,25-26H,2,9,14-15H2,(H,33,35). The largest absolute Gasteiger partial charge is 0.460 e. The summed E-state index contributed by atoms with van der Waals surface area (Å²) in [5, 5.41) is 11.8. The number of hydrogen-bond acceptors (Lipinski definition) is 6. The van der Waals surface area contributed by atoms with Gasteiger partial charge < -0.3 is 19.5 Å². The van der Waals surface area contributed by atoms with Crippen LogP contribution in [0.4, 0.5) is 13.6 Å². The Labute approximate surface area is 216 Å². The number of rotatable bonds is 7. The van der Waals surface area contributed by atoms with Crippen molar-refractivity contribution < 1.29 is 32.6 Å². The van der Waals surface area contributed by atoms with Gasteiger partial charge in [0.2, 0.25) is 6.79 Å². The lowest BCUT2D eigenvalue weighted by atomic mass is 9.85. The number of aryl methyl sites for hydroxylation is 1. The van der Waals surface area contributed by atoms with Gasteiger partial charge in [-0.15, -0.1) is 0 Å². The number of hydrogen-bond donors (Lipinski definition) is 1. The third-order valence-corrected chi connectivity index (χ3v) is 6.34. The first-order valence-corrected chi connectivity index (χ1v) is 11.8. The Bertz CT molecular complexity index is 1470. The van der Waals surface area contributed by atoms with E-state index < -0.39 is 35.6 Å². The highest BCUT2D eigenvalue weighted by Gasteiger charge is 2.39. The Kier molecular flexibility index (Phi) is 7.00. The fourth-order valence-electron chi connectivity index (χ4n) is 4.43. The summed E-state index contributed by atoms with van der Waals surface area (Å²) in [5.74, 6) is -1.55. The van der Waals surface area contributed by atoms with E-state index in [1.54, 1.807) is 12.1 Å². The number of esters is 1. The van der Waals surface area contributed by atoms with Gasteiger partial charge in [0, 0.05) is 5.71 Å². The van der Waals surface area contributed by atoms with E-state index in [0.29, 0.717) is 34.8 Å². The molecule has 0 aromatic heterocycles. The van der Waals surface area contributed by atoms with Gasteiger partial charge in [0.05, 0.1) is 11.6 Å². The zero-order valence-corrected chi connectivity index (χ0v) is 19.9. The SMILES string of the molecule is N#Cc1cc(COC(=O)C2C(CCc3ccc4c(c3)OCO4)=NC(=O)NC2c2ccc(F)cc2)ccc1F. The predicted octanol–water partition coefficient (Wildman–Crippen LogP) is 4.76. The molecule has 0 aliphatic carbocycles. The normalized spacial score (nSPS) is 17.8. The van der Waals surface area contributed by atoms with Crippen LogP contribution in [0.15, 0.2) is 65.7 Å². The van der Waals surface area contributed by atoms with Crippen molar-refractivity contribution in [1.82, 2.24) is 5.32 Å². The van der Waals surface area contributed by atoms with Crippen LogP contribution in [-0.4, -0.2) is 24.5 Å². The number of amides is 2. The predicted molar refractivity (Wildman–Crippen MR) is 130 cm³/mol.